The number of nitrogens with zero attached hydrogens (tertiary/aromatic N) is 1. The monoisotopic (exact) mass is 339 g/mol. The van der Waals surface area contributed by atoms with Crippen LogP contribution in [-0.2, 0) is 16.8 Å². The molecule has 0 radical (unpaired) electrons. The lowest BCUT2D eigenvalue weighted by Gasteiger charge is -2.44. The minimum atomic E-state index is -3.49. The minimum Gasteiger partial charge on any atom is -0.300 e. The molecule has 0 amide bonds. The molecular formula is C17H29N3O2S. The van der Waals surface area contributed by atoms with Gasteiger partial charge in [-0.25, -0.2) is 4.72 Å². The fraction of sp³-hybridized carbons (Fsp3) is 0.647. The van der Waals surface area contributed by atoms with Crippen molar-refractivity contribution in [2.75, 3.05) is 20.1 Å². The standard InChI is InChI=1S/C17H29N3O2S/c1-3-20(2)17(12-8-5-9-13-17)15-19-23(21,22)18-14-16-10-6-4-7-11-16/h4,6-7,10-11,18-19H,3,5,8-9,12-15H2,1-2H3. The van der Waals surface area contributed by atoms with Gasteiger partial charge in [0.25, 0.3) is 10.2 Å². The summed E-state index contributed by atoms with van der Waals surface area (Å²) in [7, 11) is -1.39. The summed E-state index contributed by atoms with van der Waals surface area (Å²) < 4.78 is 29.9. The third-order valence-electron chi connectivity index (χ3n) is 4.97. The van der Waals surface area contributed by atoms with E-state index in [1.807, 2.05) is 30.3 Å². The van der Waals surface area contributed by atoms with Crippen molar-refractivity contribution >= 4 is 10.2 Å². The summed E-state index contributed by atoms with van der Waals surface area (Å²) in [6.07, 6.45) is 5.70. The van der Waals surface area contributed by atoms with Crippen LogP contribution in [0.4, 0.5) is 0 Å². The molecule has 0 heterocycles. The van der Waals surface area contributed by atoms with Gasteiger partial charge in [0.1, 0.15) is 0 Å². The van der Waals surface area contributed by atoms with Gasteiger partial charge in [-0.1, -0.05) is 56.5 Å². The summed E-state index contributed by atoms with van der Waals surface area (Å²) in [5.41, 5.74) is 0.907. The lowest BCUT2D eigenvalue weighted by molar-refractivity contribution is 0.0843. The number of likely N-dealkylation sites (N-methyl/N-ethyl adjacent to an activating group) is 1. The van der Waals surface area contributed by atoms with E-state index < -0.39 is 10.2 Å². The smallest absolute Gasteiger partial charge is 0.277 e. The Morgan fingerprint density at radius 3 is 2.35 bits per heavy atom. The molecule has 1 saturated carbocycles. The predicted octanol–water partition coefficient (Wildman–Crippen LogP) is 2.27. The summed E-state index contributed by atoms with van der Waals surface area (Å²) in [6, 6.07) is 9.56. The quantitative estimate of drug-likeness (QED) is 0.764. The molecule has 1 aromatic carbocycles. The van der Waals surface area contributed by atoms with Crippen LogP contribution in [0.25, 0.3) is 0 Å². The largest absolute Gasteiger partial charge is 0.300 e. The molecule has 5 nitrogen and oxygen atoms in total. The first-order valence-corrected chi connectivity index (χ1v) is 9.95. The van der Waals surface area contributed by atoms with Crippen LogP contribution in [0.3, 0.4) is 0 Å². The molecule has 130 valence electrons. The fourth-order valence-corrected chi connectivity index (χ4v) is 4.21. The second-order valence-electron chi connectivity index (χ2n) is 6.43. The zero-order chi connectivity index (χ0) is 16.8. The third-order valence-corrected chi connectivity index (χ3v) is 6.02. The van der Waals surface area contributed by atoms with Gasteiger partial charge in [0.2, 0.25) is 0 Å². The Kier molecular flexibility index (Phi) is 6.59. The van der Waals surface area contributed by atoms with Gasteiger partial charge in [0.15, 0.2) is 0 Å². The van der Waals surface area contributed by atoms with E-state index in [2.05, 4.69) is 28.3 Å². The maximum Gasteiger partial charge on any atom is 0.277 e. The Balaban J connectivity index is 1.93. The summed E-state index contributed by atoms with van der Waals surface area (Å²) in [4.78, 5) is 2.30. The van der Waals surface area contributed by atoms with Gasteiger partial charge in [-0.3, -0.25) is 4.90 Å². The Morgan fingerprint density at radius 1 is 1.09 bits per heavy atom. The Morgan fingerprint density at radius 2 is 1.74 bits per heavy atom. The van der Waals surface area contributed by atoms with Crippen molar-refractivity contribution in [3.63, 3.8) is 0 Å². The van der Waals surface area contributed by atoms with Crippen molar-refractivity contribution < 1.29 is 8.42 Å². The molecule has 1 fully saturated rings. The number of nitrogens with one attached hydrogen (secondary N) is 2. The molecule has 0 bridgehead atoms. The number of benzene rings is 1. The van der Waals surface area contributed by atoms with Crippen molar-refractivity contribution in [3.8, 4) is 0 Å². The Hall–Kier alpha value is -0.950. The average molecular weight is 340 g/mol. The van der Waals surface area contributed by atoms with E-state index in [0.717, 1.165) is 24.9 Å². The molecule has 1 aliphatic rings. The van der Waals surface area contributed by atoms with E-state index in [1.165, 1.54) is 19.3 Å². The molecule has 1 aromatic rings. The van der Waals surface area contributed by atoms with Gasteiger partial charge >= 0.3 is 0 Å². The molecule has 0 aliphatic heterocycles. The molecule has 2 N–H and O–H groups in total. The van der Waals surface area contributed by atoms with E-state index in [9.17, 15) is 8.42 Å². The van der Waals surface area contributed by atoms with Crippen molar-refractivity contribution in [2.45, 2.75) is 51.1 Å². The maximum absolute atomic E-state index is 12.3. The summed E-state index contributed by atoms with van der Waals surface area (Å²) in [5, 5.41) is 0. The van der Waals surface area contributed by atoms with Crippen molar-refractivity contribution in [1.82, 2.24) is 14.3 Å². The topological polar surface area (TPSA) is 61.4 Å². The highest BCUT2D eigenvalue weighted by Crippen LogP contribution is 2.32. The van der Waals surface area contributed by atoms with Crippen molar-refractivity contribution in [1.29, 1.82) is 0 Å². The Bertz CT molecular complexity index is 569. The lowest BCUT2D eigenvalue weighted by atomic mass is 9.80. The molecular weight excluding hydrogens is 310 g/mol. The highest BCUT2D eigenvalue weighted by Gasteiger charge is 2.36. The predicted molar refractivity (Wildman–Crippen MR) is 94.3 cm³/mol. The normalized spacial score (nSPS) is 18.2. The molecule has 0 aromatic heterocycles. The summed E-state index contributed by atoms with van der Waals surface area (Å²) in [6.45, 7) is 3.84. The van der Waals surface area contributed by atoms with Gasteiger partial charge in [-0.15, -0.1) is 0 Å². The number of hydrogen-bond acceptors (Lipinski definition) is 3. The highest BCUT2D eigenvalue weighted by molar-refractivity contribution is 7.87. The lowest BCUT2D eigenvalue weighted by Crippen LogP contribution is -2.56. The van der Waals surface area contributed by atoms with Gasteiger partial charge in [0, 0.05) is 18.6 Å². The van der Waals surface area contributed by atoms with E-state index in [0.29, 0.717) is 13.1 Å². The number of hydrogen-bond donors (Lipinski definition) is 2. The second kappa shape index (κ2) is 8.24. The molecule has 2 rings (SSSR count). The van der Waals surface area contributed by atoms with E-state index in [4.69, 9.17) is 0 Å². The first-order valence-electron chi connectivity index (χ1n) is 8.47. The summed E-state index contributed by atoms with van der Waals surface area (Å²) >= 11 is 0. The molecule has 1 aliphatic carbocycles. The fourth-order valence-electron chi connectivity index (χ4n) is 3.29. The van der Waals surface area contributed by atoms with Crippen LogP contribution in [-0.4, -0.2) is 39.0 Å². The van der Waals surface area contributed by atoms with E-state index in [1.54, 1.807) is 0 Å². The zero-order valence-corrected chi connectivity index (χ0v) is 15.0. The van der Waals surface area contributed by atoms with Crippen LogP contribution in [0, 0.1) is 0 Å². The van der Waals surface area contributed by atoms with Gasteiger partial charge in [0.05, 0.1) is 0 Å². The molecule has 0 unspecified atom stereocenters. The molecule has 0 saturated heterocycles. The van der Waals surface area contributed by atoms with E-state index in [-0.39, 0.29) is 5.54 Å². The SMILES string of the molecule is CCN(C)C1(CNS(=O)(=O)NCc2ccccc2)CCCCC1. The number of rotatable bonds is 8. The van der Waals surface area contributed by atoms with E-state index >= 15 is 0 Å². The van der Waals surface area contributed by atoms with Gasteiger partial charge in [-0.2, -0.15) is 13.1 Å². The van der Waals surface area contributed by atoms with Crippen molar-refractivity contribution in [2.24, 2.45) is 0 Å². The van der Waals surface area contributed by atoms with Crippen LogP contribution in [0.5, 0.6) is 0 Å². The van der Waals surface area contributed by atoms with Crippen LogP contribution >= 0.6 is 0 Å². The first kappa shape index (κ1) is 18.4. The van der Waals surface area contributed by atoms with Gasteiger partial charge < -0.3 is 0 Å². The zero-order valence-electron chi connectivity index (χ0n) is 14.2. The molecule has 6 heteroatoms. The second-order valence-corrected chi connectivity index (χ2v) is 8.01. The third kappa shape index (κ3) is 5.28. The molecule has 0 atom stereocenters. The van der Waals surface area contributed by atoms with Crippen LogP contribution < -0.4 is 9.44 Å². The van der Waals surface area contributed by atoms with Crippen LogP contribution in [0.15, 0.2) is 30.3 Å². The van der Waals surface area contributed by atoms with Gasteiger partial charge in [-0.05, 0) is 32.0 Å². The van der Waals surface area contributed by atoms with Crippen molar-refractivity contribution in [3.05, 3.63) is 35.9 Å². The highest BCUT2D eigenvalue weighted by atomic mass is 32.2. The minimum absolute atomic E-state index is 0.0471. The first-order chi connectivity index (χ1) is 11.0. The Labute approximate surface area is 140 Å². The summed E-state index contributed by atoms with van der Waals surface area (Å²) in [5.74, 6) is 0. The molecule has 0 spiro atoms. The molecule has 23 heavy (non-hydrogen) atoms. The van der Waals surface area contributed by atoms with Crippen LogP contribution in [0.2, 0.25) is 0 Å². The maximum atomic E-state index is 12.3. The average Bonchev–Trinajstić information content (AvgIpc) is 2.59. The van der Waals surface area contributed by atoms with Crippen LogP contribution in [0.1, 0.15) is 44.6 Å².